The van der Waals surface area contributed by atoms with Crippen molar-refractivity contribution in [3.8, 4) is 0 Å². The molecule has 0 aromatic heterocycles. The van der Waals surface area contributed by atoms with Gasteiger partial charge >= 0.3 is 0 Å². The van der Waals surface area contributed by atoms with Crippen molar-refractivity contribution in [2.75, 3.05) is 0 Å². The number of benzene rings is 1. The van der Waals surface area contributed by atoms with Gasteiger partial charge in [0.25, 0.3) is 0 Å². The third-order valence-corrected chi connectivity index (χ3v) is 3.78. The minimum atomic E-state index is -0.299. The maximum atomic E-state index is 13.7. The van der Waals surface area contributed by atoms with Crippen molar-refractivity contribution in [3.05, 3.63) is 35.1 Å². The number of rotatable bonds is 4. The zero-order valence-electron chi connectivity index (χ0n) is 11.1. The lowest BCUT2D eigenvalue weighted by Crippen LogP contribution is -2.31. The number of carbonyl (C=O) groups excluding carboxylic acids is 1. The Morgan fingerprint density at radius 3 is 2.68 bits per heavy atom. The summed E-state index contributed by atoms with van der Waals surface area (Å²) < 4.78 is 13.7. The van der Waals surface area contributed by atoms with Crippen LogP contribution in [0.15, 0.2) is 18.2 Å². The van der Waals surface area contributed by atoms with Gasteiger partial charge in [-0.3, -0.25) is 4.79 Å². The molecule has 0 heterocycles. The highest BCUT2D eigenvalue weighted by Gasteiger charge is 2.20. The van der Waals surface area contributed by atoms with Crippen molar-refractivity contribution in [2.45, 2.75) is 45.2 Å². The zero-order chi connectivity index (χ0) is 13.7. The summed E-state index contributed by atoms with van der Waals surface area (Å²) in [6, 6.07) is 4.92. The van der Waals surface area contributed by atoms with E-state index in [1.54, 1.807) is 12.1 Å². The molecule has 4 heteroatoms. The smallest absolute Gasteiger partial charge is 0.223 e. The van der Waals surface area contributed by atoms with Gasteiger partial charge in [-0.2, -0.15) is 0 Å². The van der Waals surface area contributed by atoms with Crippen LogP contribution in [-0.4, -0.2) is 5.91 Å². The third kappa shape index (κ3) is 3.77. The number of hydrogen-bond donors (Lipinski definition) is 2. The van der Waals surface area contributed by atoms with Crippen molar-refractivity contribution in [1.82, 2.24) is 5.32 Å². The second kappa shape index (κ2) is 6.66. The normalized spacial score (nSPS) is 16.3. The molecule has 19 heavy (non-hydrogen) atoms. The lowest BCUT2D eigenvalue weighted by Gasteiger charge is -2.20. The van der Waals surface area contributed by atoms with Crippen molar-refractivity contribution < 1.29 is 9.18 Å². The molecule has 1 amide bonds. The maximum absolute atomic E-state index is 13.7. The number of halogens is 1. The van der Waals surface area contributed by atoms with Gasteiger partial charge in [0.15, 0.2) is 0 Å². The summed E-state index contributed by atoms with van der Waals surface area (Å²) in [5.74, 6) is -0.131. The van der Waals surface area contributed by atoms with E-state index in [4.69, 9.17) is 5.73 Å². The van der Waals surface area contributed by atoms with E-state index in [0.29, 0.717) is 12.1 Å². The van der Waals surface area contributed by atoms with Crippen molar-refractivity contribution in [3.63, 3.8) is 0 Å². The number of amides is 1. The summed E-state index contributed by atoms with van der Waals surface area (Å²) in [6.07, 6.45) is 5.38. The molecule has 1 aliphatic rings. The van der Waals surface area contributed by atoms with Crippen LogP contribution >= 0.6 is 0 Å². The molecule has 0 saturated heterocycles. The van der Waals surface area contributed by atoms with E-state index in [9.17, 15) is 9.18 Å². The Hall–Kier alpha value is -1.42. The molecule has 3 N–H and O–H groups in total. The number of carbonyl (C=O) groups is 1. The quantitative estimate of drug-likeness (QED) is 0.877. The molecule has 1 saturated carbocycles. The lowest BCUT2D eigenvalue weighted by atomic mass is 9.88. The van der Waals surface area contributed by atoms with Crippen molar-refractivity contribution >= 4 is 5.91 Å². The van der Waals surface area contributed by atoms with Gasteiger partial charge in [0.2, 0.25) is 5.91 Å². The minimum absolute atomic E-state index is 0.0574. The van der Waals surface area contributed by atoms with E-state index in [1.807, 2.05) is 0 Å². The Balaban J connectivity index is 1.89. The number of hydrogen-bond acceptors (Lipinski definition) is 2. The third-order valence-electron chi connectivity index (χ3n) is 3.78. The van der Waals surface area contributed by atoms with Crippen LogP contribution in [-0.2, 0) is 17.9 Å². The van der Waals surface area contributed by atoms with Crippen LogP contribution in [0, 0.1) is 11.7 Å². The fourth-order valence-electron chi connectivity index (χ4n) is 2.55. The van der Waals surface area contributed by atoms with E-state index in [-0.39, 0.29) is 24.2 Å². The second-order valence-corrected chi connectivity index (χ2v) is 5.18. The second-order valence-electron chi connectivity index (χ2n) is 5.18. The summed E-state index contributed by atoms with van der Waals surface area (Å²) in [7, 11) is 0. The highest BCUT2D eigenvalue weighted by molar-refractivity contribution is 5.78. The van der Waals surface area contributed by atoms with Crippen LogP contribution in [0.4, 0.5) is 4.39 Å². The average Bonchev–Trinajstić information content (AvgIpc) is 2.46. The summed E-state index contributed by atoms with van der Waals surface area (Å²) >= 11 is 0. The minimum Gasteiger partial charge on any atom is -0.352 e. The van der Waals surface area contributed by atoms with Crippen LogP contribution < -0.4 is 11.1 Å². The van der Waals surface area contributed by atoms with E-state index < -0.39 is 0 Å². The first kappa shape index (κ1) is 14.0. The molecule has 0 unspecified atom stereocenters. The Kier molecular flexibility index (Phi) is 4.91. The van der Waals surface area contributed by atoms with Gasteiger partial charge in [0, 0.05) is 24.6 Å². The molecule has 3 nitrogen and oxygen atoms in total. The fraction of sp³-hybridized carbons (Fsp3) is 0.533. The zero-order valence-corrected chi connectivity index (χ0v) is 11.1. The highest BCUT2D eigenvalue weighted by atomic mass is 19.1. The predicted molar refractivity (Wildman–Crippen MR) is 72.7 cm³/mol. The number of nitrogens with one attached hydrogen (secondary N) is 1. The number of nitrogens with two attached hydrogens (primary N) is 1. The topological polar surface area (TPSA) is 55.1 Å². The first-order chi connectivity index (χ1) is 9.20. The van der Waals surface area contributed by atoms with Crippen LogP contribution in [0.25, 0.3) is 0 Å². The molecule has 1 aromatic rings. The van der Waals surface area contributed by atoms with E-state index >= 15 is 0 Å². The fourth-order valence-corrected chi connectivity index (χ4v) is 2.55. The molecule has 0 aliphatic heterocycles. The van der Waals surface area contributed by atoms with E-state index in [0.717, 1.165) is 31.2 Å². The van der Waals surface area contributed by atoms with Gasteiger partial charge in [0.1, 0.15) is 5.82 Å². The Bertz CT molecular complexity index is 442. The molecule has 2 rings (SSSR count). The Labute approximate surface area is 113 Å². The monoisotopic (exact) mass is 264 g/mol. The van der Waals surface area contributed by atoms with Crippen LogP contribution in [0.2, 0.25) is 0 Å². The van der Waals surface area contributed by atoms with Gasteiger partial charge in [-0.1, -0.05) is 31.4 Å². The first-order valence-electron chi connectivity index (χ1n) is 6.96. The van der Waals surface area contributed by atoms with Crippen molar-refractivity contribution in [2.24, 2.45) is 11.7 Å². The molecule has 0 bridgehead atoms. The maximum Gasteiger partial charge on any atom is 0.223 e. The molecule has 0 radical (unpaired) electrons. The molecular formula is C15H21FN2O. The largest absolute Gasteiger partial charge is 0.352 e. The Morgan fingerprint density at radius 1 is 1.32 bits per heavy atom. The molecule has 1 fully saturated rings. The van der Waals surface area contributed by atoms with Crippen LogP contribution in [0.5, 0.6) is 0 Å². The predicted octanol–water partition coefficient (Wildman–Crippen LogP) is 2.48. The molecule has 0 atom stereocenters. The Morgan fingerprint density at radius 2 is 2.05 bits per heavy atom. The standard InChI is InChI=1S/C15H21FN2O/c16-14-8-11(9-17)6-7-13(14)10-18-15(19)12-4-2-1-3-5-12/h6-8,12H,1-5,9-10,17H2,(H,18,19). The summed E-state index contributed by atoms with van der Waals surface area (Å²) in [6.45, 7) is 0.581. The van der Waals surface area contributed by atoms with Gasteiger partial charge < -0.3 is 11.1 Å². The highest BCUT2D eigenvalue weighted by Crippen LogP contribution is 2.23. The summed E-state index contributed by atoms with van der Waals surface area (Å²) in [4.78, 5) is 12.0. The average molecular weight is 264 g/mol. The van der Waals surface area contributed by atoms with Gasteiger partial charge in [-0.25, -0.2) is 4.39 Å². The van der Waals surface area contributed by atoms with E-state index in [2.05, 4.69) is 5.32 Å². The SMILES string of the molecule is NCc1ccc(CNC(=O)C2CCCCC2)c(F)c1. The summed E-state index contributed by atoms with van der Waals surface area (Å²) in [5, 5.41) is 2.84. The van der Waals surface area contributed by atoms with Gasteiger partial charge in [-0.05, 0) is 24.5 Å². The van der Waals surface area contributed by atoms with Crippen molar-refractivity contribution in [1.29, 1.82) is 0 Å². The van der Waals surface area contributed by atoms with Crippen LogP contribution in [0.1, 0.15) is 43.2 Å². The van der Waals surface area contributed by atoms with Gasteiger partial charge in [-0.15, -0.1) is 0 Å². The first-order valence-corrected chi connectivity index (χ1v) is 6.96. The molecular weight excluding hydrogens is 243 g/mol. The molecule has 0 spiro atoms. The molecule has 104 valence electrons. The molecule has 1 aliphatic carbocycles. The lowest BCUT2D eigenvalue weighted by molar-refractivity contribution is -0.126. The van der Waals surface area contributed by atoms with E-state index in [1.165, 1.54) is 12.5 Å². The summed E-state index contributed by atoms with van der Waals surface area (Å²) in [5.41, 5.74) is 6.73. The van der Waals surface area contributed by atoms with Crippen LogP contribution in [0.3, 0.4) is 0 Å². The molecule has 1 aromatic carbocycles. The van der Waals surface area contributed by atoms with Gasteiger partial charge in [0.05, 0.1) is 0 Å².